The van der Waals surface area contributed by atoms with E-state index >= 15 is 0 Å². The van der Waals surface area contributed by atoms with E-state index in [1.807, 2.05) is 47.8 Å². The van der Waals surface area contributed by atoms with Gasteiger partial charge in [-0.3, -0.25) is 14.5 Å². The summed E-state index contributed by atoms with van der Waals surface area (Å²) in [4.78, 5) is 32.4. The molecule has 38 heavy (non-hydrogen) atoms. The summed E-state index contributed by atoms with van der Waals surface area (Å²) in [6.45, 7) is 4.03. The van der Waals surface area contributed by atoms with Gasteiger partial charge in [0.15, 0.2) is 0 Å². The van der Waals surface area contributed by atoms with E-state index in [9.17, 15) is 9.59 Å². The maximum Gasteiger partial charge on any atom is 0.262 e. The second-order valence-corrected chi connectivity index (χ2v) is 10.2. The van der Waals surface area contributed by atoms with E-state index in [0.717, 1.165) is 29.2 Å². The molecule has 2 aliphatic rings. The molecule has 8 nitrogen and oxygen atoms in total. The van der Waals surface area contributed by atoms with E-state index in [1.165, 1.54) is 0 Å². The van der Waals surface area contributed by atoms with Gasteiger partial charge in [0.25, 0.3) is 11.8 Å². The monoisotopic (exact) mass is 532 g/mol. The number of morpholine rings is 1. The van der Waals surface area contributed by atoms with Crippen LogP contribution in [0.15, 0.2) is 77.2 Å². The van der Waals surface area contributed by atoms with Gasteiger partial charge in [0.2, 0.25) is 0 Å². The van der Waals surface area contributed by atoms with Crippen molar-refractivity contribution in [3.63, 3.8) is 0 Å². The third-order valence-corrected chi connectivity index (χ3v) is 7.81. The SMILES string of the molecule is COc1ccc(C(=O)N(CCN2CCOCC2)CC(=O)N2N=C(c3cccs3)CC2c2ccccc2)cc1. The summed E-state index contributed by atoms with van der Waals surface area (Å²) in [5.74, 6) is 0.289. The van der Waals surface area contributed by atoms with Crippen molar-refractivity contribution >= 4 is 28.9 Å². The number of methoxy groups -OCH3 is 1. The summed E-state index contributed by atoms with van der Waals surface area (Å²) in [7, 11) is 1.59. The Morgan fingerprint density at radius 1 is 1.05 bits per heavy atom. The molecule has 3 heterocycles. The molecular formula is C29H32N4O4S. The predicted molar refractivity (Wildman–Crippen MR) is 148 cm³/mol. The second kappa shape index (κ2) is 12.3. The zero-order valence-corrected chi connectivity index (χ0v) is 22.3. The number of carbonyl (C=O) groups is 2. The van der Waals surface area contributed by atoms with Crippen molar-refractivity contribution in [2.75, 3.05) is 53.0 Å². The first-order valence-corrected chi connectivity index (χ1v) is 13.7. The van der Waals surface area contributed by atoms with Gasteiger partial charge >= 0.3 is 0 Å². The number of rotatable bonds is 9. The van der Waals surface area contributed by atoms with Crippen LogP contribution in [0.3, 0.4) is 0 Å². The van der Waals surface area contributed by atoms with Crippen LogP contribution in [0.2, 0.25) is 0 Å². The van der Waals surface area contributed by atoms with Crippen molar-refractivity contribution in [2.24, 2.45) is 5.10 Å². The second-order valence-electron chi connectivity index (χ2n) is 9.30. The summed E-state index contributed by atoms with van der Waals surface area (Å²) in [5.41, 5.74) is 2.44. The van der Waals surface area contributed by atoms with Gasteiger partial charge in [-0.05, 0) is 41.3 Å². The van der Waals surface area contributed by atoms with Gasteiger partial charge in [-0.15, -0.1) is 11.3 Å². The molecule has 2 amide bonds. The molecule has 0 aliphatic carbocycles. The quantitative estimate of drug-likeness (QED) is 0.418. The lowest BCUT2D eigenvalue weighted by Crippen LogP contribution is -2.46. The zero-order valence-electron chi connectivity index (χ0n) is 21.5. The summed E-state index contributed by atoms with van der Waals surface area (Å²) < 4.78 is 10.7. The summed E-state index contributed by atoms with van der Waals surface area (Å²) >= 11 is 1.61. The number of nitrogens with zero attached hydrogens (tertiary/aromatic N) is 4. The van der Waals surface area contributed by atoms with E-state index in [-0.39, 0.29) is 24.4 Å². The van der Waals surface area contributed by atoms with Crippen LogP contribution in [-0.2, 0) is 9.53 Å². The molecule has 1 fully saturated rings. The summed E-state index contributed by atoms with van der Waals surface area (Å²) in [5, 5.41) is 8.37. The average molecular weight is 533 g/mol. The van der Waals surface area contributed by atoms with Gasteiger partial charge < -0.3 is 14.4 Å². The molecule has 0 bridgehead atoms. The number of carbonyl (C=O) groups excluding carboxylic acids is 2. The molecular weight excluding hydrogens is 500 g/mol. The van der Waals surface area contributed by atoms with Crippen LogP contribution in [0.25, 0.3) is 0 Å². The molecule has 0 N–H and O–H groups in total. The van der Waals surface area contributed by atoms with Gasteiger partial charge in [0.1, 0.15) is 12.3 Å². The van der Waals surface area contributed by atoms with E-state index in [4.69, 9.17) is 14.6 Å². The molecule has 1 atom stereocenters. The normalized spacial score (nSPS) is 17.8. The first kappa shape index (κ1) is 26.1. The minimum Gasteiger partial charge on any atom is -0.497 e. The first-order chi connectivity index (χ1) is 18.6. The van der Waals surface area contributed by atoms with E-state index in [0.29, 0.717) is 44.0 Å². The van der Waals surface area contributed by atoms with Crippen LogP contribution in [-0.4, -0.2) is 85.4 Å². The number of thiophene rings is 1. The van der Waals surface area contributed by atoms with Crippen molar-refractivity contribution in [3.8, 4) is 5.75 Å². The Bertz CT molecular complexity index is 1240. The molecule has 9 heteroatoms. The van der Waals surface area contributed by atoms with E-state index in [2.05, 4.69) is 4.90 Å². The topological polar surface area (TPSA) is 74.7 Å². The third-order valence-electron chi connectivity index (χ3n) is 6.90. The maximum absolute atomic E-state index is 13.8. The summed E-state index contributed by atoms with van der Waals surface area (Å²) in [6, 6.07) is 20.8. The Balaban J connectivity index is 1.38. The number of ether oxygens (including phenoxy) is 2. The smallest absolute Gasteiger partial charge is 0.262 e. The van der Waals surface area contributed by atoms with Crippen molar-refractivity contribution in [1.29, 1.82) is 0 Å². The van der Waals surface area contributed by atoms with Crippen LogP contribution >= 0.6 is 11.3 Å². The van der Waals surface area contributed by atoms with Gasteiger partial charge in [-0.1, -0.05) is 36.4 Å². The predicted octanol–water partition coefficient (Wildman–Crippen LogP) is 3.91. The molecule has 3 aromatic rings. The van der Waals surface area contributed by atoms with Crippen LogP contribution in [0.1, 0.15) is 33.3 Å². The molecule has 5 rings (SSSR count). The molecule has 1 aromatic heterocycles. The fourth-order valence-corrected chi connectivity index (χ4v) is 5.48. The van der Waals surface area contributed by atoms with Crippen LogP contribution in [0.5, 0.6) is 5.75 Å². The highest BCUT2D eigenvalue weighted by atomic mass is 32.1. The molecule has 198 valence electrons. The highest BCUT2D eigenvalue weighted by Crippen LogP contribution is 2.34. The summed E-state index contributed by atoms with van der Waals surface area (Å²) in [6.07, 6.45) is 0.635. The molecule has 2 aromatic carbocycles. The molecule has 0 saturated carbocycles. The molecule has 0 spiro atoms. The Hall–Kier alpha value is -3.53. The van der Waals surface area contributed by atoms with Crippen LogP contribution in [0.4, 0.5) is 0 Å². The standard InChI is InChI=1S/C29H32N4O4S/c1-36-24-11-9-23(10-12-24)29(35)32(14-13-31-15-17-37-18-16-31)21-28(34)33-26(22-6-3-2-4-7-22)20-25(30-33)27-8-5-19-38-27/h2-12,19,26H,13-18,20-21H2,1H3. The zero-order chi connectivity index (χ0) is 26.3. The lowest BCUT2D eigenvalue weighted by atomic mass is 10.0. The minimum atomic E-state index is -0.210. The highest BCUT2D eigenvalue weighted by molar-refractivity contribution is 7.12. The Morgan fingerprint density at radius 3 is 2.50 bits per heavy atom. The number of benzene rings is 2. The van der Waals surface area contributed by atoms with Crippen molar-refractivity contribution in [2.45, 2.75) is 12.5 Å². The van der Waals surface area contributed by atoms with Crippen LogP contribution < -0.4 is 4.74 Å². The Morgan fingerprint density at radius 2 is 1.82 bits per heavy atom. The molecule has 2 aliphatic heterocycles. The lowest BCUT2D eigenvalue weighted by molar-refractivity contribution is -0.133. The van der Waals surface area contributed by atoms with Gasteiger partial charge in [0, 0.05) is 38.2 Å². The number of amides is 2. The third kappa shape index (κ3) is 6.12. The molecule has 1 unspecified atom stereocenters. The Labute approximate surface area is 227 Å². The lowest BCUT2D eigenvalue weighted by Gasteiger charge is -2.31. The number of hydrogen-bond acceptors (Lipinski definition) is 7. The van der Waals surface area contributed by atoms with Gasteiger partial charge in [-0.2, -0.15) is 5.10 Å². The van der Waals surface area contributed by atoms with Gasteiger partial charge in [-0.25, -0.2) is 5.01 Å². The largest absolute Gasteiger partial charge is 0.497 e. The van der Waals surface area contributed by atoms with Crippen molar-refractivity contribution in [1.82, 2.24) is 14.8 Å². The molecule has 1 saturated heterocycles. The van der Waals surface area contributed by atoms with Crippen molar-refractivity contribution in [3.05, 3.63) is 88.1 Å². The van der Waals surface area contributed by atoms with Crippen molar-refractivity contribution < 1.29 is 19.1 Å². The van der Waals surface area contributed by atoms with E-state index in [1.54, 1.807) is 52.6 Å². The number of hydrazone groups is 1. The highest BCUT2D eigenvalue weighted by Gasteiger charge is 2.35. The number of hydrogen-bond donors (Lipinski definition) is 0. The van der Waals surface area contributed by atoms with E-state index < -0.39 is 0 Å². The average Bonchev–Trinajstić information content (AvgIpc) is 3.67. The van der Waals surface area contributed by atoms with Crippen LogP contribution in [0, 0.1) is 0 Å². The van der Waals surface area contributed by atoms with Gasteiger partial charge in [0.05, 0.1) is 37.0 Å². The Kier molecular flexibility index (Phi) is 8.47. The molecule has 0 radical (unpaired) electrons. The minimum absolute atomic E-state index is 0.0558. The fourth-order valence-electron chi connectivity index (χ4n) is 4.76. The first-order valence-electron chi connectivity index (χ1n) is 12.8. The maximum atomic E-state index is 13.8. The fraction of sp³-hybridized carbons (Fsp3) is 0.345.